The largest absolute Gasteiger partial charge is 0.379 e. The lowest BCUT2D eigenvalue weighted by atomic mass is 10.3. The molecule has 0 unspecified atom stereocenters. The first-order chi connectivity index (χ1) is 5.70. The minimum atomic E-state index is 0.587. The predicted octanol–water partition coefficient (Wildman–Crippen LogP) is 3.61. The second-order valence-electron chi connectivity index (χ2n) is 2.35. The van der Waals surface area contributed by atoms with Gasteiger partial charge in [0.2, 0.25) is 0 Å². The highest BCUT2D eigenvalue weighted by atomic mass is 79.9. The Morgan fingerprint density at radius 1 is 1.50 bits per heavy atom. The summed E-state index contributed by atoms with van der Waals surface area (Å²) in [5.41, 5.74) is 1.03. The number of rotatable bonds is 3. The van der Waals surface area contributed by atoms with Crippen LogP contribution < -0.4 is 5.32 Å². The third kappa shape index (κ3) is 2.88. The van der Waals surface area contributed by atoms with E-state index in [0.717, 1.165) is 10.2 Å². The van der Waals surface area contributed by atoms with Crippen molar-refractivity contribution < 1.29 is 0 Å². The Morgan fingerprint density at radius 2 is 2.17 bits per heavy atom. The fourth-order valence-corrected chi connectivity index (χ4v) is 1.29. The molecule has 1 aromatic carbocycles. The Morgan fingerprint density at radius 3 is 2.75 bits per heavy atom. The van der Waals surface area contributed by atoms with Gasteiger partial charge in [-0.05, 0) is 28.1 Å². The van der Waals surface area contributed by atoms with Gasteiger partial charge in [-0.25, -0.2) is 0 Å². The normalized spacial score (nSPS) is 9.50. The van der Waals surface area contributed by atoms with Crippen LogP contribution in [0.25, 0.3) is 0 Å². The third-order valence-electron chi connectivity index (χ3n) is 1.34. The van der Waals surface area contributed by atoms with E-state index < -0.39 is 0 Å². The first-order valence-corrected chi connectivity index (χ1v) is 4.69. The predicted molar refractivity (Wildman–Crippen MR) is 57.6 cm³/mol. The van der Waals surface area contributed by atoms with Gasteiger partial charge in [0.15, 0.2) is 0 Å². The standard InChI is InChI=1S/C9H9BrClN/c1-7(11)6-12-9-5-3-2-4-8(9)10/h2-5,12H,1,6H2. The summed E-state index contributed by atoms with van der Waals surface area (Å²) in [6.07, 6.45) is 0. The second kappa shape index (κ2) is 4.53. The molecule has 0 aliphatic heterocycles. The van der Waals surface area contributed by atoms with Crippen LogP contribution in [-0.2, 0) is 0 Å². The summed E-state index contributed by atoms with van der Waals surface area (Å²) < 4.78 is 1.03. The summed E-state index contributed by atoms with van der Waals surface area (Å²) in [7, 11) is 0. The zero-order valence-electron chi connectivity index (χ0n) is 6.48. The van der Waals surface area contributed by atoms with E-state index in [-0.39, 0.29) is 0 Å². The monoisotopic (exact) mass is 245 g/mol. The van der Waals surface area contributed by atoms with Gasteiger partial charge in [0.05, 0.1) is 6.54 Å². The van der Waals surface area contributed by atoms with E-state index in [2.05, 4.69) is 27.8 Å². The molecule has 1 N–H and O–H groups in total. The third-order valence-corrected chi connectivity index (χ3v) is 2.17. The van der Waals surface area contributed by atoms with Crippen LogP contribution in [0.3, 0.4) is 0 Å². The minimum absolute atomic E-state index is 0.587. The van der Waals surface area contributed by atoms with E-state index >= 15 is 0 Å². The van der Waals surface area contributed by atoms with Gasteiger partial charge in [0.25, 0.3) is 0 Å². The molecule has 0 aromatic heterocycles. The van der Waals surface area contributed by atoms with Gasteiger partial charge in [0.1, 0.15) is 0 Å². The number of halogens is 2. The smallest absolute Gasteiger partial charge is 0.0502 e. The van der Waals surface area contributed by atoms with Crippen molar-refractivity contribution >= 4 is 33.2 Å². The second-order valence-corrected chi connectivity index (χ2v) is 3.74. The summed E-state index contributed by atoms with van der Waals surface area (Å²) in [5, 5.41) is 3.74. The van der Waals surface area contributed by atoms with E-state index in [1.165, 1.54) is 0 Å². The van der Waals surface area contributed by atoms with Crippen molar-refractivity contribution in [3.8, 4) is 0 Å². The summed E-state index contributed by atoms with van der Waals surface area (Å²) in [4.78, 5) is 0. The average Bonchev–Trinajstić information content (AvgIpc) is 2.03. The number of nitrogens with one attached hydrogen (secondary N) is 1. The van der Waals surface area contributed by atoms with Gasteiger partial charge in [0, 0.05) is 15.2 Å². The fraction of sp³-hybridized carbons (Fsp3) is 0.111. The molecule has 0 bridgehead atoms. The minimum Gasteiger partial charge on any atom is -0.379 e. The number of hydrogen-bond donors (Lipinski definition) is 1. The number of para-hydroxylation sites is 1. The van der Waals surface area contributed by atoms with Crippen molar-refractivity contribution in [2.45, 2.75) is 0 Å². The molecule has 0 aliphatic carbocycles. The van der Waals surface area contributed by atoms with Crippen molar-refractivity contribution in [2.75, 3.05) is 11.9 Å². The lowest BCUT2D eigenvalue weighted by Gasteiger charge is -2.06. The van der Waals surface area contributed by atoms with Crippen LogP contribution in [0.15, 0.2) is 40.3 Å². The molecule has 0 aliphatic rings. The van der Waals surface area contributed by atoms with Gasteiger partial charge in [-0.3, -0.25) is 0 Å². The molecule has 0 saturated heterocycles. The molecule has 0 heterocycles. The molecular weight excluding hydrogens is 237 g/mol. The topological polar surface area (TPSA) is 12.0 Å². The van der Waals surface area contributed by atoms with Crippen molar-refractivity contribution in [1.82, 2.24) is 0 Å². The Labute approximate surface area is 85.6 Å². The van der Waals surface area contributed by atoms with Crippen LogP contribution in [0.1, 0.15) is 0 Å². The quantitative estimate of drug-likeness (QED) is 0.859. The lowest BCUT2D eigenvalue weighted by molar-refractivity contribution is 1.31. The van der Waals surface area contributed by atoms with E-state index in [1.54, 1.807) is 0 Å². The fourth-order valence-electron chi connectivity index (χ4n) is 0.796. The zero-order valence-corrected chi connectivity index (χ0v) is 8.82. The first kappa shape index (κ1) is 9.62. The summed E-state index contributed by atoms with van der Waals surface area (Å²) >= 11 is 9.02. The first-order valence-electron chi connectivity index (χ1n) is 3.52. The van der Waals surface area contributed by atoms with Crippen molar-refractivity contribution in [3.05, 3.63) is 40.3 Å². The zero-order chi connectivity index (χ0) is 8.97. The van der Waals surface area contributed by atoms with Gasteiger partial charge in [-0.1, -0.05) is 30.3 Å². The molecule has 0 radical (unpaired) electrons. The molecular formula is C9H9BrClN. The molecule has 0 spiro atoms. The van der Waals surface area contributed by atoms with Crippen LogP contribution in [0.4, 0.5) is 5.69 Å². The Hall–Kier alpha value is -0.470. The molecule has 0 amide bonds. The van der Waals surface area contributed by atoms with Crippen molar-refractivity contribution in [1.29, 1.82) is 0 Å². The maximum absolute atomic E-state index is 5.61. The van der Waals surface area contributed by atoms with E-state index in [9.17, 15) is 0 Å². The summed E-state index contributed by atoms with van der Waals surface area (Å²) in [6.45, 7) is 4.17. The highest BCUT2D eigenvalue weighted by molar-refractivity contribution is 9.10. The molecule has 0 atom stereocenters. The van der Waals surface area contributed by atoms with Crippen molar-refractivity contribution in [3.63, 3.8) is 0 Å². The van der Waals surface area contributed by atoms with E-state index in [1.807, 2.05) is 24.3 Å². The molecule has 1 rings (SSSR count). The highest BCUT2D eigenvalue weighted by Crippen LogP contribution is 2.21. The van der Waals surface area contributed by atoms with E-state index in [0.29, 0.717) is 11.6 Å². The molecule has 12 heavy (non-hydrogen) atoms. The number of anilines is 1. The Bertz CT molecular complexity index is 286. The van der Waals surface area contributed by atoms with Gasteiger partial charge in [-0.2, -0.15) is 0 Å². The van der Waals surface area contributed by atoms with Gasteiger partial charge >= 0.3 is 0 Å². The maximum atomic E-state index is 5.61. The van der Waals surface area contributed by atoms with Crippen LogP contribution in [0, 0.1) is 0 Å². The molecule has 1 nitrogen and oxygen atoms in total. The summed E-state index contributed by atoms with van der Waals surface area (Å²) in [6, 6.07) is 7.87. The average molecular weight is 247 g/mol. The van der Waals surface area contributed by atoms with Crippen LogP contribution in [0.2, 0.25) is 0 Å². The van der Waals surface area contributed by atoms with Crippen molar-refractivity contribution in [2.24, 2.45) is 0 Å². The Balaban J connectivity index is 2.63. The number of hydrogen-bond acceptors (Lipinski definition) is 1. The number of benzene rings is 1. The molecule has 0 fully saturated rings. The molecule has 64 valence electrons. The van der Waals surface area contributed by atoms with Crippen LogP contribution in [-0.4, -0.2) is 6.54 Å². The Kier molecular flexibility index (Phi) is 3.63. The molecule has 0 saturated carbocycles. The maximum Gasteiger partial charge on any atom is 0.0502 e. The lowest BCUT2D eigenvalue weighted by Crippen LogP contribution is -2.00. The molecule has 1 aromatic rings. The molecule has 3 heteroatoms. The highest BCUT2D eigenvalue weighted by Gasteiger charge is 1.96. The van der Waals surface area contributed by atoms with Crippen LogP contribution in [0.5, 0.6) is 0 Å². The summed E-state index contributed by atoms with van der Waals surface area (Å²) in [5.74, 6) is 0. The van der Waals surface area contributed by atoms with Gasteiger partial charge in [-0.15, -0.1) is 0 Å². The van der Waals surface area contributed by atoms with Crippen LogP contribution >= 0.6 is 27.5 Å². The van der Waals surface area contributed by atoms with E-state index in [4.69, 9.17) is 11.6 Å². The SMILES string of the molecule is C=C(Cl)CNc1ccccc1Br. The van der Waals surface area contributed by atoms with Gasteiger partial charge < -0.3 is 5.32 Å².